The number of halogens is 1. The number of carbonyl (C=O) groups is 1. The third-order valence-corrected chi connectivity index (χ3v) is 4.37. The molecule has 1 aliphatic rings. The van der Waals surface area contributed by atoms with Crippen molar-refractivity contribution in [2.24, 2.45) is 5.92 Å². The summed E-state index contributed by atoms with van der Waals surface area (Å²) < 4.78 is 3.00. The van der Waals surface area contributed by atoms with Crippen LogP contribution in [0.1, 0.15) is 29.2 Å². The second kappa shape index (κ2) is 5.43. The highest BCUT2D eigenvalue weighted by atomic mass is 79.9. The fourth-order valence-corrected chi connectivity index (χ4v) is 3.31. The van der Waals surface area contributed by atoms with E-state index in [1.807, 2.05) is 22.6 Å². The first-order valence-corrected chi connectivity index (χ1v) is 7.40. The van der Waals surface area contributed by atoms with Gasteiger partial charge < -0.3 is 5.32 Å². The average Bonchev–Trinajstić information content (AvgIpc) is 2.79. The van der Waals surface area contributed by atoms with E-state index in [4.69, 9.17) is 0 Å². The van der Waals surface area contributed by atoms with Crippen LogP contribution in [0.4, 0.5) is 0 Å². The number of piperidine rings is 1. The molecule has 0 amide bonds. The van der Waals surface area contributed by atoms with E-state index < -0.39 is 0 Å². The smallest absolute Gasteiger partial charge is 0.170 e. The van der Waals surface area contributed by atoms with E-state index in [0.717, 1.165) is 41.7 Å². The molecule has 0 bridgehead atoms. The predicted octanol–water partition coefficient (Wildman–Crippen LogP) is 2.45. The van der Waals surface area contributed by atoms with E-state index in [-0.39, 0.29) is 0 Å². The Hall–Kier alpha value is -1.20. The van der Waals surface area contributed by atoms with Crippen LogP contribution in [-0.4, -0.2) is 28.8 Å². The first kappa shape index (κ1) is 12.8. The summed E-state index contributed by atoms with van der Waals surface area (Å²) in [6.07, 6.45) is 4.12. The van der Waals surface area contributed by atoms with E-state index in [9.17, 15) is 4.79 Å². The largest absolute Gasteiger partial charge is 0.317 e. The Morgan fingerprint density at radius 2 is 2.21 bits per heavy atom. The maximum absolute atomic E-state index is 11.1. The van der Waals surface area contributed by atoms with Crippen molar-refractivity contribution in [3.05, 3.63) is 34.3 Å². The number of aldehydes is 1. The number of carbonyl (C=O) groups excluding carboxylic acids is 1. The normalized spacial score (nSPS) is 16.9. The number of aromatic nitrogens is 2. The third kappa shape index (κ3) is 2.44. The summed E-state index contributed by atoms with van der Waals surface area (Å²) in [7, 11) is 0. The Balaban J connectivity index is 2.00. The minimum atomic E-state index is 0.533. The van der Waals surface area contributed by atoms with Crippen molar-refractivity contribution < 1.29 is 4.79 Å². The van der Waals surface area contributed by atoms with E-state index in [0.29, 0.717) is 11.6 Å². The topological polar surface area (TPSA) is 46.4 Å². The lowest BCUT2D eigenvalue weighted by molar-refractivity contribution is 0.112. The van der Waals surface area contributed by atoms with Crippen LogP contribution in [0.15, 0.2) is 22.8 Å². The van der Waals surface area contributed by atoms with Gasteiger partial charge in [-0.2, -0.15) is 0 Å². The maximum atomic E-state index is 11.1. The number of imidazole rings is 1. The Morgan fingerprint density at radius 3 is 2.95 bits per heavy atom. The second-order valence-corrected chi connectivity index (χ2v) is 5.81. The molecule has 4 nitrogen and oxygen atoms in total. The molecule has 0 saturated carbocycles. The van der Waals surface area contributed by atoms with Crippen molar-refractivity contribution in [2.75, 3.05) is 13.1 Å². The number of rotatable bonds is 3. The van der Waals surface area contributed by atoms with Crippen molar-refractivity contribution in [3.63, 3.8) is 0 Å². The van der Waals surface area contributed by atoms with Gasteiger partial charge in [-0.05, 0) is 59.9 Å². The van der Waals surface area contributed by atoms with Crippen LogP contribution in [0.3, 0.4) is 0 Å². The summed E-state index contributed by atoms with van der Waals surface area (Å²) in [6, 6.07) is 5.85. The molecule has 0 aliphatic carbocycles. The Kier molecular flexibility index (Phi) is 3.66. The second-order valence-electron chi connectivity index (χ2n) is 5.00. The van der Waals surface area contributed by atoms with Gasteiger partial charge in [-0.25, -0.2) is 4.98 Å². The SMILES string of the molecule is O=Cc1nc(CC2CCNCC2)n2c(Br)cccc12. The van der Waals surface area contributed by atoms with Crippen LogP contribution in [0, 0.1) is 5.92 Å². The van der Waals surface area contributed by atoms with Gasteiger partial charge in [-0.3, -0.25) is 9.20 Å². The van der Waals surface area contributed by atoms with Crippen molar-refractivity contribution in [2.45, 2.75) is 19.3 Å². The lowest BCUT2D eigenvalue weighted by atomic mass is 9.94. The van der Waals surface area contributed by atoms with Gasteiger partial charge >= 0.3 is 0 Å². The average molecular weight is 322 g/mol. The Bertz CT molecular complexity index is 602. The molecular weight excluding hydrogens is 306 g/mol. The fourth-order valence-electron chi connectivity index (χ4n) is 2.76. The summed E-state index contributed by atoms with van der Waals surface area (Å²) >= 11 is 3.55. The lowest BCUT2D eigenvalue weighted by Crippen LogP contribution is -2.29. The van der Waals surface area contributed by atoms with Crippen molar-refractivity contribution in [1.82, 2.24) is 14.7 Å². The zero-order valence-corrected chi connectivity index (χ0v) is 12.2. The number of hydrogen-bond acceptors (Lipinski definition) is 3. The molecule has 0 spiro atoms. The van der Waals surface area contributed by atoms with Gasteiger partial charge in [-0.15, -0.1) is 0 Å². The standard InChI is InChI=1S/C14H16BrN3O/c15-13-3-1-2-12-11(9-19)17-14(18(12)13)8-10-4-6-16-7-5-10/h1-3,9-10,16H,4-8H2. The van der Waals surface area contributed by atoms with Gasteiger partial charge in [0.25, 0.3) is 0 Å². The van der Waals surface area contributed by atoms with Crippen LogP contribution < -0.4 is 5.32 Å². The zero-order valence-electron chi connectivity index (χ0n) is 10.6. The summed E-state index contributed by atoms with van der Waals surface area (Å²) in [6.45, 7) is 2.16. The molecule has 3 heterocycles. The summed E-state index contributed by atoms with van der Waals surface area (Å²) in [5.74, 6) is 1.63. The molecule has 0 atom stereocenters. The van der Waals surface area contributed by atoms with Gasteiger partial charge in [0, 0.05) is 6.42 Å². The molecule has 0 unspecified atom stereocenters. The molecule has 3 rings (SSSR count). The number of hydrogen-bond donors (Lipinski definition) is 1. The van der Waals surface area contributed by atoms with Gasteiger partial charge in [0.05, 0.1) is 10.1 Å². The molecule has 19 heavy (non-hydrogen) atoms. The lowest BCUT2D eigenvalue weighted by Gasteiger charge is -2.22. The van der Waals surface area contributed by atoms with Crippen molar-refractivity contribution in [1.29, 1.82) is 0 Å². The number of pyridine rings is 1. The van der Waals surface area contributed by atoms with Gasteiger partial charge in [0.1, 0.15) is 11.5 Å². The molecule has 2 aromatic rings. The molecular formula is C14H16BrN3O. The highest BCUT2D eigenvalue weighted by molar-refractivity contribution is 9.10. The molecule has 1 aliphatic heterocycles. The molecule has 1 saturated heterocycles. The first-order chi connectivity index (χ1) is 9.29. The Morgan fingerprint density at radius 1 is 1.42 bits per heavy atom. The highest BCUT2D eigenvalue weighted by Crippen LogP contribution is 2.23. The monoisotopic (exact) mass is 321 g/mol. The van der Waals surface area contributed by atoms with Crippen LogP contribution in [0.25, 0.3) is 5.52 Å². The van der Waals surface area contributed by atoms with Crippen LogP contribution in [-0.2, 0) is 6.42 Å². The van der Waals surface area contributed by atoms with Gasteiger partial charge in [0.15, 0.2) is 6.29 Å². The van der Waals surface area contributed by atoms with E-state index in [2.05, 4.69) is 26.2 Å². The minimum absolute atomic E-state index is 0.533. The van der Waals surface area contributed by atoms with E-state index in [1.165, 1.54) is 12.8 Å². The first-order valence-electron chi connectivity index (χ1n) is 6.61. The third-order valence-electron chi connectivity index (χ3n) is 3.75. The molecule has 5 heteroatoms. The number of nitrogens with one attached hydrogen (secondary N) is 1. The van der Waals surface area contributed by atoms with E-state index in [1.54, 1.807) is 0 Å². The highest BCUT2D eigenvalue weighted by Gasteiger charge is 2.18. The summed E-state index contributed by atoms with van der Waals surface area (Å²) in [5, 5.41) is 3.37. The quantitative estimate of drug-likeness (QED) is 0.697. The molecule has 100 valence electrons. The molecule has 2 aromatic heterocycles. The summed E-state index contributed by atoms with van der Waals surface area (Å²) in [4.78, 5) is 15.6. The fraction of sp³-hybridized carbons (Fsp3) is 0.429. The molecule has 0 aromatic carbocycles. The van der Waals surface area contributed by atoms with Crippen LogP contribution in [0.5, 0.6) is 0 Å². The molecule has 0 radical (unpaired) electrons. The minimum Gasteiger partial charge on any atom is -0.317 e. The predicted molar refractivity (Wildman–Crippen MR) is 77.6 cm³/mol. The Labute approximate surface area is 120 Å². The van der Waals surface area contributed by atoms with Crippen LogP contribution >= 0.6 is 15.9 Å². The number of nitrogens with zero attached hydrogens (tertiary/aromatic N) is 2. The number of fused-ring (bicyclic) bond motifs is 1. The van der Waals surface area contributed by atoms with Crippen molar-refractivity contribution >= 4 is 27.7 Å². The van der Waals surface area contributed by atoms with E-state index >= 15 is 0 Å². The zero-order chi connectivity index (χ0) is 13.2. The van der Waals surface area contributed by atoms with Crippen LogP contribution in [0.2, 0.25) is 0 Å². The van der Waals surface area contributed by atoms with Crippen molar-refractivity contribution in [3.8, 4) is 0 Å². The summed E-state index contributed by atoms with van der Waals surface area (Å²) in [5.41, 5.74) is 1.42. The molecule has 1 N–H and O–H groups in total. The molecule has 1 fully saturated rings. The van der Waals surface area contributed by atoms with Gasteiger partial charge in [0.2, 0.25) is 0 Å². The van der Waals surface area contributed by atoms with Gasteiger partial charge in [-0.1, -0.05) is 6.07 Å². The maximum Gasteiger partial charge on any atom is 0.170 e.